The molecular formula is C22H28Cl2N6O. The number of rotatable bonds is 8. The predicted octanol–water partition coefficient (Wildman–Crippen LogP) is 3.65. The standard InChI is InChI=1S/C22H28Cl2N6O/c1-26-20-14(10-25)5-6-17(19(20)24)29(2)16-8-22(9-16)12-30(13-22)7-3-4-15-11-27-28-21(31)18(15)23/h5-6,10-11,16,25-26H,3-4,7-9,12-13H2,1-2H3,(H,28,31). The molecule has 1 aromatic heterocycles. The molecule has 0 unspecified atom stereocenters. The molecule has 0 amide bonds. The Balaban J connectivity index is 1.26. The van der Waals surface area contributed by atoms with Gasteiger partial charge in [0.05, 0.1) is 22.6 Å². The Bertz CT molecular complexity index is 1030. The van der Waals surface area contributed by atoms with Crippen molar-refractivity contribution in [3.63, 3.8) is 0 Å². The van der Waals surface area contributed by atoms with Gasteiger partial charge in [0, 0.05) is 45.0 Å². The molecule has 1 aromatic carbocycles. The van der Waals surface area contributed by atoms with Crippen LogP contribution in [0.2, 0.25) is 10.0 Å². The Hall–Kier alpha value is -2.09. The number of H-pyrrole nitrogens is 1. The summed E-state index contributed by atoms with van der Waals surface area (Å²) in [6.45, 7) is 3.26. The second kappa shape index (κ2) is 8.81. The van der Waals surface area contributed by atoms with Crippen LogP contribution in [-0.2, 0) is 6.42 Å². The zero-order valence-corrected chi connectivity index (χ0v) is 19.4. The van der Waals surface area contributed by atoms with Crippen molar-refractivity contribution in [2.75, 3.05) is 43.9 Å². The summed E-state index contributed by atoms with van der Waals surface area (Å²) in [5.41, 5.74) is 3.53. The van der Waals surface area contributed by atoms with E-state index in [-0.39, 0.29) is 10.6 Å². The number of anilines is 2. The molecule has 2 aliphatic rings. The van der Waals surface area contributed by atoms with Crippen molar-refractivity contribution in [3.8, 4) is 0 Å². The van der Waals surface area contributed by atoms with Crippen LogP contribution in [0.15, 0.2) is 23.1 Å². The number of nitrogens with zero attached hydrogens (tertiary/aromatic N) is 3. The molecule has 2 heterocycles. The molecule has 7 nitrogen and oxygen atoms in total. The van der Waals surface area contributed by atoms with Gasteiger partial charge in [-0.05, 0) is 55.3 Å². The largest absolute Gasteiger partial charge is 0.386 e. The summed E-state index contributed by atoms with van der Waals surface area (Å²) in [6.07, 6.45) is 7.04. The highest BCUT2D eigenvalue weighted by Gasteiger charge is 2.53. The molecule has 2 aromatic rings. The molecule has 9 heteroatoms. The molecule has 1 aliphatic heterocycles. The first kappa shape index (κ1) is 22.1. The summed E-state index contributed by atoms with van der Waals surface area (Å²) in [5.74, 6) is 0. The Morgan fingerprint density at radius 2 is 2.10 bits per heavy atom. The molecule has 0 radical (unpaired) electrons. The van der Waals surface area contributed by atoms with Crippen molar-refractivity contribution in [1.29, 1.82) is 5.41 Å². The number of likely N-dealkylation sites (tertiary alicyclic amines) is 1. The maximum absolute atomic E-state index is 11.5. The summed E-state index contributed by atoms with van der Waals surface area (Å²) in [6, 6.07) is 4.44. The molecule has 1 aliphatic carbocycles. The third-order valence-corrected chi connectivity index (χ3v) is 7.53. The molecule has 31 heavy (non-hydrogen) atoms. The number of halogens is 2. The van der Waals surface area contributed by atoms with Crippen molar-refractivity contribution in [3.05, 3.63) is 49.9 Å². The normalized spacial score (nSPS) is 17.8. The smallest absolute Gasteiger partial charge is 0.283 e. The van der Waals surface area contributed by atoms with E-state index in [1.807, 2.05) is 19.2 Å². The molecule has 3 N–H and O–H groups in total. The van der Waals surface area contributed by atoms with Gasteiger partial charge in [-0.1, -0.05) is 23.2 Å². The van der Waals surface area contributed by atoms with Gasteiger partial charge in [-0.3, -0.25) is 4.79 Å². The van der Waals surface area contributed by atoms with Gasteiger partial charge in [-0.15, -0.1) is 0 Å². The fraction of sp³-hybridized carbons (Fsp3) is 0.500. The SMILES string of the molecule is CNc1c(C=N)ccc(N(C)C2CC3(C2)CN(CCCc2cn[nH]c(=O)c2Cl)C3)c1Cl. The van der Waals surface area contributed by atoms with Gasteiger partial charge in [-0.2, -0.15) is 5.10 Å². The Kier molecular flexibility index (Phi) is 6.28. The van der Waals surface area contributed by atoms with E-state index in [0.29, 0.717) is 16.5 Å². The number of aromatic nitrogens is 2. The molecule has 2 fully saturated rings. The number of aromatic amines is 1. The van der Waals surface area contributed by atoms with Crippen LogP contribution in [0.3, 0.4) is 0 Å². The summed E-state index contributed by atoms with van der Waals surface area (Å²) in [5, 5.41) is 17.8. The van der Waals surface area contributed by atoms with Gasteiger partial charge < -0.3 is 20.5 Å². The second-order valence-corrected chi connectivity index (χ2v) is 9.54. The first-order chi connectivity index (χ1) is 14.9. The van der Waals surface area contributed by atoms with Gasteiger partial charge in [0.25, 0.3) is 5.56 Å². The lowest BCUT2D eigenvalue weighted by molar-refractivity contribution is -0.0715. The highest BCUT2D eigenvalue weighted by Crippen LogP contribution is 2.51. The fourth-order valence-corrected chi connectivity index (χ4v) is 5.63. The van der Waals surface area contributed by atoms with Gasteiger partial charge in [0.2, 0.25) is 0 Å². The lowest BCUT2D eigenvalue weighted by Gasteiger charge is -2.61. The summed E-state index contributed by atoms with van der Waals surface area (Å²) in [4.78, 5) is 16.3. The van der Waals surface area contributed by atoms with Crippen LogP contribution >= 0.6 is 23.2 Å². The van der Waals surface area contributed by atoms with E-state index in [2.05, 4.69) is 32.4 Å². The summed E-state index contributed by atoms with van der Waals surface area (Å²) < 4.78 is 0. The number of benzene rings is 1. The molecule has 1 spiro atoms. The Labute approximate surface area is 192 Å². The van der Waals surface area contributed by atoms with E-state index >= 15 is 0 Å². The van der Waals surface area contributed by atoms with Crippen LogP contribution in [0.5, 0.6) is 0 Å². The van der Waals surface area contributed by atoms with Crippen LogP contribution in [0, 0.1) is 10.8 Å². The zero-order valence-electron chi connectivity index (χ0n) is 17.8. The van der Waals surface area contributed by atoms with E-state index < -0.39 is 0 Å². The highest BCUT2D eigenvalue weighted by molar-refractivity contribution is 6.36. The maximum atomic E-state index is 11.5. The topological polar surface area (TPSA) is 88.1 Å². The Morgan fingerprint density at radius 3 is 2.77 bits per heavy atom. The van der Waals surface area contributed by atoms with Crippen LogP contribution in [0.25, 0.3) is 0 Å². The average Bonchev–Trinajstić information content (AvgIpc) is 2.70. The van der Waals surface area contributed by atoms with Crippen molar-refractivity contribution in [1.82, 2.24) is 15.1 Å². The quantitative estimate of drug-likeness (QED) is 0.521. The molecule has 1 saturated heterocycles. The summed E-state index contributed by atoms with van der Waals surface area (Å²) >= 11 is 12.7. The minimum Gasteiger partial charge on any atom is -0.386 e. The minimum absolute atomic E-state index is 0.258. The van der Waals surface area contributed by atoms with Crippen molar-refractivity contribution in [2.24, 2.45) is 5.41 Å². The van der Waals surface area contributed by atoms with E-state index in [9.17, 15) is 4.79 Å². The molecule has 1 saturated carbocycles. The zero-order chi connectivity index (χ0) is 22.2. The molecule has 166 valence electrons. The van der Waals surface area contributed by atoms with Crippen LogP contribution < -0.4 is 15.8 Å². The predicted molar refractivity (Wildman–Crippen MR) is 127 cm³/mol. The fourth-order valence-electron chi connectivity index (χ4n) is 5.04. The van der Waals surface area contributed by atoms with E-state index in [1.54, 1.807) is 6.20 Å². The van der Waals surface area contributed by atoms with Gasteiger partial charge in [0.15, 0.2) is 0 Å². The first-order valence-electron chi connectivity index (χ1n) is 10.6. The lowest BCUT2D eigenvalue weighted by atomic mass is 9.60. The maximum Gasteiger partial charge on any atom is 0.283 e. The highest BCUT2D eigenvalue weighted by atomic mass is 35.5. The first-order valence-corrected chi connectivity index (χ1v) is 11.3. The third-order valence-electron chi connectivity index (χ3n) is 6.73. The molecule has 0 bridgehead atoms. The van der Waals surface area contributed by atoms with Crippen molar-refractivity contribution < 1.29 is 0 Å². The van der Waals surface area contributed by atoms with Crippen LogP contribution in [0.4, 0.5) is 11.4 Å². The van der Waals surface area contributed by atoms with Crippen LogP contribution in [0.1, 0.15) is 30.4 Å². The van der Waals surface area contributed by atoms with Gasteiger partial charge in [-0.25, -0.2) is 5.10 Å². The number of hydrogen-bond acceptors (Lipinski definition) is 6. The van der Waals surface area contributed by atoms with Gasteiger partial charge >= 0.3 is 0 Å². The van der Waals surface area contributed by atoms with Gasteiger partial charge in [0.1, 0.15) is 5.02 Å². The number of nitrogens with one attached hydrogen (secondary N) is 3. The summed E-state index contributed by atoms with van der Waals surface area (Å²) in [7, 11) is 3.94. The lowest BCUT2D eigenvalue weighted by Crippen LogP contribution is -2.66. The second-order valence-electron chi connectivity index (χ2n) is 8.78. The third kappa shape index (κ3) is 4.19. The van der Waals surface area contributed by atoms with E-state index in [4.69, 9.17) is 28.6 Å². The van der Waals surface area contributed by atoms with Crippen molar-refractivity contribution >= 4 is 40.8 Å². The molecule has 4 rings (SSSR count). The van der Waals surface area contributed by atoms with E-state index in [0.717, 1.165) is 55.0 Å². The molecular weight excluding hydrogens is 435 g/mol. The van der Waals surface area contributed by atoms with Crippen LogP contribution in [-0.4, -0.2) is 61.1 Å². The average molecular weight is 463 g/mol. The minimum atomic E-state index is -0.318. The monoisotopic (exact) mass is 462 g/mol. The number of hydrogen-bond donors (Lipinski definition) is 3. The molecule has 0 atom stereocenters. The Morgan fingerprint density at radius 1 is 1.35 bits per heavy atom. The van der Waals surface area contributed by atoms with Crippen molar-refractivity contribution in [2.45, 2.75) is 31.7 Å². The van der Waals surface area contributed by atoms with E-state index in [1.165, 1.54) is 19.1 Å². The number of aryl methyl sites for hydroxylation is 1.